The van der Waals surface area contributed by atoms with E-state index in [2.05, 4.69) is 12.2 Å². The summed E-state index contributed by atoms with van der Waals surface area (Å²) in [5.41, 5.74) is 0. The minimum atomic E-state index is 0.406. The smallest absolute Gasteiger partial charge is 0.0654 e. The van der Waals surface area contributed by atoms with Crippen molar-refractivity contribution in [3.05, 3.63) is 48.6 Å². The van der Waals surface area contributed by atoms with E-state index < -0.39 is 0 Å². The fourth-order valence-corrected chi connectivity index (χ4v) is 2.24. The van der Waals surface area contributed by atoms with Gasteiger partial charge < -0.3 is 9.47 Å². The van der Waals surface area contributed by atoms with Gasteiger partial charge in [0.15, 0.2) is 0 Å². The molecule has 2 nitrogen and oxygen atoms in total. The molecule has 0 saturated heterocycles. The molecular weight excluding hydrogens is 248 g/mol. The summed E-state index contributed by atoms with van der Waals surface area (Å²) in [6, 6.07) is 0. The van der Waals surface area contributed by atoms with Gasteiger partial charge >= 0.3 is 0 Å². The van der Waals surface area contributed by atoms with Gasteiger partial charge in [-0.15, -0.1) is 0 Å². The predicted octanol–water partition coefficient (Wildman–Crippen LogP) is 4.60. The lowest BCUT2D eigenvalue weighted by Gasteiger charge is -2.28. The van der Waals surface area contributed by atoms with Crippen LogP contribution in [0.15, 0.2) is 48.6 Å². The lowest BCUT2D eigenvalue weighted by Crippen LogP contribution is -2.26. The van der Waals surface area contributed by atoms with Crippen molar-refractivity contribution in [1.29, 1.82) is 0 Å². The Labute approximate surface area is 123 Å². The van der Waals surface area contributed by atoms with Crippen molar-refractivity contribution >= 4 is 0 Å². The third-order valence-electron chi connectivity index (χ3n) is 3.36. The second-order valence-electron chi connectivity index (χ2n) is 4.97. The molecule has 0 radical (unpaired) electrons. The zero-order valence-electron chi connectivity index (χ0n) is 12.8. The molecule has 0 bridgehead atoms. The highest BCUT2D eigenvalue weighted by Gasteiger charge is 2.21. The Kier molecular flexibility index (Phi) is 9.89. The minimum Gasteiger partial charge on any atom is -0.374 e. The average molecular weight is 276 g/mol. The molecular formula is C18H28O2. The number of hydrogen-bond acceptors (Lipinski definition) is 2. The predicted molar refractivity (Wildman–Crippen MR) is 85.9 cm³/mol. The van der Waals surface area contributed by atoms with E-state index in [1.54, 1.807) is 0 Å². The van der Waals surface area contributed by atoms with Crippen LogP contribution < -0.4 is 0 Å². The van der Waals surface area contributed by atoms with Crippen molar-refractivity contribution in [3.8, 4) is 0 Å². The van der Waals surface area contributed by atoms with E-state index in [9.17, 15) is 0 Å². The van der Waals surface area contributed by atoms with Gasteiger partial charge in [-0.05, 0) is 39.5 Å². The molecule has 0 heterocycles. The summed E-state index contributed by atoms with van der Waals surface area (Å²) < 4.78 is 11.7. The molecule has 0 amide bonds. The van der Waals surface area contributed by atoms with Gasteiger partial charge in [0, 0.05) is 0 Å². The molecule has 0 aromatic carbocycles. The van der Waals surface area contributed by atoms with Crippen LogP contribution in [0.1, 0.15) is 39.5 Å². The topological polar surface area (TPSA) is 18.5 Å². The Balaban J connectivity index is 2.07. The second kappa shape index (κ2) is 11.7. The van der Waals surface area contributed by atoms with Gasteiger partial charge in [-0.1, -0.05) is 48.6 Å². The number of hydrogen-bond donors (Lipinski definition) is 0. The van der Waals surface area contributed by atoms with Gasteiger partial charge in [0.05, 0.1) is 25.4 Å². The van der Waals surface area contributed by atoms with Crippen molar-refractivity contribution in [2.45, 2.75) is 51.7 Å². The molecule has 1 saturated carbocycles. The molecule has 0 aromatic rings. The Bertz CT molecular complexity index is 297. The summed E-state index contributed by atoms with van der Waals surface area (Å²) >= 11 is 0. The Morgan fingerprint density at radius 3 is 1.45 bits per heavy atom. The van der Waals surface area contributed by atoms with E-state index >= 15 is 0 Å². The van der Waals surface area contributed by atoms with Crippen LogP contribution in [0.5, 0.6) is 0 Å². The van der Waals surface area contributed by atoms with Crippen LogP contribution in [-0.4, -0.2) is 25.4 Å². The normalized spacial score (nSPS) is 24.7. The first-order valence-corrected chi connectivity index (χ1v) is 7.65. The average Bonchev–Trinajstić information content (AvgIpc) is 2.48. The highest BCUT2D eigenvalue weighted by molar-refractivity contribution is 5.01. The maximum absolute atomic E-state index is 5.84. The van der Waals surface area contributed by atoms with Gasteiger partial charge in [-0.2, -0.15) is 0 Å². The molecule has 1 fully saturated rings. The summed E-state index contributed by atoms with van der Waals surface area (Å²) in [6.07, 6.45) is 21.5. The first kappa shape index (κ1) is 16.9. The molecule has 1 aliphatic rings. The largest absolute Gasteiger partial charge is 0.374 e. The zero-order chi connectivity index (χ0) is 14.5. The standard InChI is InChI=1S/C18H28O2/c1-3-5-7-9-15-19-17-11-13-18(14-12-17)20-16-10-8-6-4-2/h3-10,17-18H,11-16H2,1-2H3/t17-,18-. The summed E-state index contributed by atoms with van der Waals surface area (Å²) in [5.74, 6) is 0. The van der Waals surface area contributed by atoms with Gasteiger partial charge in [-0.3, -0.25) is 0 Å². The van der Waals surface area contributed by atoms with E-state index in [-0.39, 0.29) is 0 Å². The number of ether oxygens (including phenoxy) is 2. The summed E-state index contributed by atoms with van der Waals surface area (Å²) in [7, 11) is 0. The summed E-state index contributed by atoms with van der Waals surface area (Å²) in [6.45, 7) is 5.46. The third-order valence-corrected chi connectivity index (χ3v) is 3.36. The van der Waals surface area contributed by atoms with Crippen molar-refractivity contribution < 1.29 is 9.47 Å². The van der Waals surface area contributed by atoms with E-state index in [0.29, 0.717) is 25.4 Å². The zero-order valence-corrected chi connectivity index (χ0v) is 12.8. The summed E-state index contributed by atoms with van der Waals surface area (Å²) in [5, 5.41) is 0. The van der Waals surface area contributed by atoms with Crippen LogP contribution in [0.25, 0.3) is 0 Å². The van der Waals surface area contributed by atoms with Crippen molar-refractivity contribution in [2.75, 3.05) is 13.2 Å². The molecule has 0 N–H and O–H groups in total. The quantitative estimate of drug-likeness (QED) is 0.603. The highest BCUT2D eigenvalue weighted by atomic mass is 16.5. The van der Waals surface area contributed by atoms with E-state index in [1.165, 1.54) is 0 Å². The second-order valence-corrected chi connectivity index (χ2v) is 4.97. The molecule has 2 heteroatoms. The maximum atomic E-state index is 5.84. The van der Waals surface area contributed by atoms with Gasteiger partial charge in [-0.25, -0.2) is 0 Å². The summed E-state index contributed by atoms with van der Waals surface area (Å²) in [4.78, 5) is 0. The molecule has 0 spiro atoms. The van der Waals surface area contributed by atoms with Crippen molar-refractivity contribution in [1.82, 2.24) is 0 Å². The van der Waals surface area contributed by atoms with Gasteiger partial charge in [0.1, 0.15) is 0 Å². The highest BCUT2D eigenvalue weighted by Crippen LogP contribution is 2.23. The molecule has 1 rings (SSSR count). The lowest BCUT2D eigenvalue weighted by molar-refractivity contribution is -0.0163. The van der Waals surface area contributed by atoms with E-state index in [0.717, 1.165) is 25.7 Å². The fraction of sp³-hybridized carbons (Fsp3) is 0.556. The Morgan fingerprint density at radius 1 is 0.700 bits per heavy atom. The van der Waals surface area contributed by atoms with Crippen molar-refractivity contribution in [2.24, 2.45) is 0 Å². The van der Waals surface area contributed by atoms with Crippen LogP contribution in [-0.2, 0) is 9.47 Å². The maximum Gasteiger partial charge on any atom is 0.0654 e. The number of allylic oxidation sites excluding steroid dienone is 6. The van der Waals surface area contributed by atoms with Crippen LogP contribution >= 0.6 is 0 Å². The lowest BCUT2D eigenvalue weighted by atomic mass is 9.95. The molecule has 1 aliphatic carbocycles. The van der Waals surface area contributed by atoms with Crippen LogP contribution in [0.3, 0.4) is 0 Å². The minimum absolute atomic E-state index is 0.406. The molecule has 0 unspecified atom stereocenters. The number of rotatable bonds is 8. The van der Waals surface area contributed by atoms with Gasteiger partial charge in [0.2, 0.25) is 0 Å². The van der Waals surface area contributed by atoms with Gasteiger partial charge in [0.25, 0.3) is 0 Å². The molecule has 112 valence electrons. The first-order chi connectivity index (χ1) is 9.86. The van der Waals surface area contributed by atoms with Crippen molar-refractivity contribution in [3.63, 3.8) is 0 Å². The molecule has 0 aliphatic heterocycles. The van der Waals surface area contributed by atoms with Crippen LogP contribution in [0.2, 0.25) is 0 Å². The SMILES string of the molecule is CC=CC=CCO[C@H]1CC[C@H](OCC=CC=CC)CC1. The third kappa shape index (κ3) is 8.13. The van der Waals surface area contributed by atoms with E-state index in [4.69, 9.17) is 9.47 Å². The molecule has 0 atom stereocenters. The monoisotopic (exact) mass is 276 g/mol. The Hall–Kier alpha value is -1.12. The van der Waals surface area contributed by atoms with Crippen LogP contribution in [0, 0.1) is 0 Å². The molecule has 0 aromatic heterocycles. The van der Waals surface area contributed by atoms with E-state index in [1.807, 2.05) is 50.3 Å². The first-order valence-electron chi connectivity index (χ1n) is 7.65. The van der Waals surface area contributed by atoms with Crippen LogP contribution in [0.4, 0.5) is 0 Å². The fourth-order valence-electron chi connectivity index (χ4n) is 2.24. The Morgan fingerprint density at radius 2 is 1.10 bits per heavy atom. The molecule has 20 heavy (non-hydrogen) atoms.